The molecule has 0 radical (unpaired) electrons. The maximum atomic E-state index is 12.0. The molecule has 0 fully saturated rings. The van der Waals surface area contributed by atoms with Crippen LogP contribution in [0.25, 0.3) is 0 Å². The Hall–Kier alpha value is -2.51. The first-order valence-electron chi connectivity index (χ1n) is 5.71. The zero-order valence-corrected chi connectivity index (χ0v) is 10.6. The molecular weight excluding hydrogens is 270 g/mol. The van der Waals surface area contributed by atoms with Crippen LogP contribution in [0.5, 0.6) is 5.75 Å². The van der Waals surface area contributed by atoms with E-state index in [9.17, 15) is 13.6 Å². The van der Waals surface area contributed by atoms with Crippen LogP contribution >= 0.6 is 0 Å². The fourth-order valence-corrected chi connectivity index (χ4v) is 1.61. The average Bonchev–Trinajstić information content (AvgIpc) is 2.93. The third-order valence-corrected chi connectivity index (χ3v) is 2.53. The van der Waals surface area contributed by atoms with E-state index in [4.69, 9.17) is 0 Å². The Kier molecular flexibility index (Phi) is 4.24. The van der Waals surface area contributed by atoms with Crippen molar-refractivity contribution in [2.45, 2.75) is 13.2 Å². The van der Waals surface area contributed by atoms with Gasteiger partial charge in [0.15, 0.2) is 0 Å². The van der Waals surface area contributed by atoms with Crippen molar-refractivity contribution in [3.8, 4) is 5.75 Å². The second-order valence-corrected chi connectivity index (χ2v) is 4.02. The Morgan fingerprint density at radius 3 is 2.65 bits per heavy atom. The van der Waals surface area contributed by atoms with Crippen molar-refractivity contribution in [1.82, 2.24) is 20.1 Å². The molecule has 1 aromatic heterocycles. The SMILES string of the molecule is CN(Cc1ccc(OC(F)F)cc1)C(=O)c1ncn[nH]1. The molecule has 0 saturated carbocycles. The number of H-pyrrole nitrogens is 1. The molecule has 1 heterocycles. The molecule has 0 aliphatic rings. The van der Waals surface area contributed by atoms with Crippen molar-refractivity contribution in [2.24, 2.45) is 0 Å². The van der Waals surface area contributed by atoms with Crippen molar-refractivity contribution in [3.05, 3.63) is 42.0 Å². The zero-order valence-electron chi connectivity index (χ0n) is 10.6. The number of rotatable bonds is 5. The molecule has 1 amide bonds. The largest absolute Gasteiger partial charge is 0.435 e. The molecule has 6 nitrogen and oxygen atoms in total. The summed E-state index contributed by atoms with van der Waals surface area (Å²) in [5.41, 5.74) is 0.780. The summed E-state index contributed by atoms with van der Waals surface area (Å²) >= 11 is 0. The van der Waals surface area contributed by atoms with E-state index >= 15 is 0 Å². The highest BCUT2D eigenvalue weighted by Crippen LogP contribution is 2.16. The fraction of sp³-hybridized carbons (Fsp3) is 0.250. The highest BCUT2D eigenvalue weighted by atomic mass is 19.3. The van der Waals surface area contributed by atoms with Gasteiger partial charge in [0.2, 0.25) is 5.82 Å². The number of aromatic amines is 1. The number of hydrogen-bond donors (Lipinski definition) is 1. The van der Waals surface area contributed by atoms with E-state index in [1.54, 1.807) is 19.2 Å². The number of ether oxygens (including phenoxy) is 1. The number of nitrogens with one attached hydrogen (secondary N) is 1. The minimum Gasteiger partial charge on any atom is -0.435 e. The zero-order chi connectivity index (χ0) is 14.5. The van der Waals surface area contributed by atoms with E-state index < -0.39 is 6.61 Å². The molecule has 2 rings (SSSR count). The van der Waals surface area contributed by atoms with E-state index in [1.165, 1.54) is 23.4 Å². The van der Waals surface area contributed by atoms with Gasteiger partial charge in [0.25, 0.3) is 5.91 Å². The molecule has 8 heteroatoms. The number of nitrogens with zero attached hydrogens (tertiary/aromatic N) is 3. The summed E-state index contributed by atoms with van der Waals surface area (Å²) in [7, 11) is 1.61. The Labute approximate surface area is 113 Å². The molecular formula is C12H12F2N4O2. The lowest BCUT2D eigenvalue weighted by Gasteiger charge is -2.15. The second-order valence-electron chi connectivity index (χ2n) is 4.02. The summed E-state index contributed by atoms with van der Waals surface area (Å²) in [6.45, 7) is -2.54. The van der Waals surface area contributed by atoms with Gasteiger partial charge in [-0.2, -0.15) is 13.9 Å². The predicted octanol–water partition coefficient (Wildman–Crippen LogP) is 1.68. The minimum absolute atomic E-state index is 0.0768. The van der Waals surface area contributed by atoms with Crippen LogP contribution in [-0.4, -0.2) is 39.6 Å². The Bertz CT molecular complexity index is 557. The molecule has 0 atom stereocenters. The molecule has 0 spiro atoms. The van der Waals surface area contributed by atoms with Crippen LogP contribution in [0.1, 0.15) is 16.2 Å². The summed E-state index contributed by atoms with van der Waals surface area (Å²) in [5, 5.41) is 6.08. The van der Waals surface area contributed by atoms with Gasteiger partial charge in [-0.15, -0.1) is 0 Å². The molecule has 0 aliphatic carbocycles. The number of carbonyl (C=O) groups excluding carboxylic acids is 1. The summed E-state index contributed by atoms with van der Waals surface area (Å²) in [4.78, 5) is 17.1. The first-order valence-corrected chi connectivity index (χ1v) is 5.71. The van der Waals surface area contributed by atoms with Crippen LogP contribution in [0.2, 0.25) is 0 Å². The van der Waals surface area contributed by atoms with Crippen molar-refractivity contribution in [3.63, 3.8) is 0 Å². The number of carbonyl (C=O) groups is 1. The summed E-state index contributed by atoms with van der Waals surface area (Å²) in [6, 6.07) is 6.08. The molecule has 106 valence electrons. The van der Waals surface area contributed by atoms with E-state index in [2.05, 4.69) is 19.9 Å². The predicted molar refractivity (Wildman–Crippen MR) is 65.3 cm³/mol. The molecule has 0 bridgehead atoms. The molecule has 20 heavy (non-hydrogen) atoms. The first kappa shape index (κ1) is 13.9. The Balaban J connectivity index is 1.97. The quantitative estimate of drug-likeness (QED) is 0.905. The number of amides is 1. The lowest BCUT2D eigenvalue weighted by Crippen LogP contribution is -2.27. The van der Waals surface area contributed by atoms with Gasteiger partial charge in [-0.05, 0) is 17.7 Å². The molecule has 0 aliphatic heterocycles. The first-order chi connectivity index (χ1) is 9.56. The number of halogens is 2. The van der Waals surface area contributed by atoms with E-state index in [0.717, 1.165) is 5.56 Å². The number of aromatic nitrogens is 3. The lowest BCUT2D eigenvalue weighted by atomic mass is 10.2. The topological polar surface area (TPSA) is 71.1 Å². The van der Waals surface area contributed by atoms with E-state index in [-0.39, 0.29) is 17.5 Å². The molecule has 1 aromatic carbocycles. The number of hydrogen-bond acceptors (Lipinski definition) is 4. The van der Waals surface area contributed by atoms with Gasteiger partial charge in [-0.3, -0.25) is 9.89 Å². The lowest BCUT2D eigenvalue weighted by molar-refractivity contribution is -0.0498. The van der Waals surface area contributed by atoms with Crippen LogP contribution in [0.3, 0.4) is 0 Å². The Morgan fingerprint density at radius 1 is 1.40 bits per heavy atom. The highest BCUT2D eigenvalue weighted by molar-refractivity contribution is 5.90. The third kappa shape index (κ3) is 3.50. The maximum Gasteiger partial charge on any atom is 0.387 e. The summed E-state index contributed by atoms with van der Waals surface area (Å²) in [6.07, 6.45) is 1.25. The normalized spacial score (nSPS) is 10.6. The van der Waals surface area contributed by atoms with Gasteiger partial charge >= 0.3 is 6.61 Å². The van der Waals surface area contributed by atoms with Gasteiger partial charge in [-0.1, -0.05) is 12.1 Å². The standard InChI is InChI=1S/C12H12F2N4O2/c1-18(11(19)10-15-7-16-17-10)6-8-2-4-9(5-3-8)20-12(13)14/h2-5,7,12H,6H2,1H3,(H,15,16,17). The molecule has 2 aromatic rings. The highest BCUT2D eigenvalue weighted by Gasteiger charge is 2.14. The monoisotopic (exact) mass is 282 g/mol. The van der Waals surface area contributed by atoms with Gasteiger partial charge in [0, 0.05) is 13.6 Å². The average molecular weight is 282 g/mol. The minimum atomic E-state index is -2.85. The molecule has 1 N–H and O–H groups in total. The van der Waals surface area contributed by atoms with Crippen LogP contribution in [0.4, 0.5) is 8.78 Å². The van der Waals surface area contributed by atoms with E-state index in [1.807, 2.05) is 0 Å². The van der Waals surface area contributed by atoms with Gasteiger partial charge < -0.3 is 9.64 Å². The Morgan fingerprint density at radius 2 is 2.10 bits per heavy atom. The van der Waals surface area contributed by atoms with Gasteiger partial charge in [0.1, 0.15) is 12.1 Å². The summed E-state index contributed by atoms with van der Waals surface area (Å²) in [5.74, 6) is -0.0893. The van der Waals surface area contributed by atoms with Crippen LogP contribution in [-0.2, 0) is 6.54 Å². The maximum absolute atomic E-state index is 12.0. The van der Waals surface area contributed by atoms with Crippen molar-refractivity contribution in [1.29, 1.82) is 0 Å². The van der Waals surface area contributed by atoms with Crippen molar-refractivity contribution in [2.75, 3.05) is 7.05 Å². The smallest absolute Gasteiger partial charge is 0.387 e. The van der Waals surface area contributed by atoms with Crippen LogP contribution < -0.4 is 4.74 Å². The van der Waals surface area contributed by atoms with Gasteiger partial charge in [-0.25, -0.2) is 4.98 Å². The second kappa shape index (κ2) is 6.09. The van der Waals surface area contributed by atoms with Crippen LogP contribution in [0.15, 0.2) is 30.6 Å². The molecule has 0 unspecified atom stereocenters. The number of alkyl halides is 2. The number of benzene rings is 1. The van der Waals surface area contributed by atoms with Crippen molar-refractivity contribution >= 4 is 5.91 Å². The van der Waals surface area contributed by atoms with Crippen LogP contribution in [0, 0.1) is 0 Å². The third-order valence-electron chi connectivity index (χ3n) is 2.53. The van der Waals surface area contributed by atoms with Gasteiger partial charge in [0.05, 0.1) is 0 Å². The van der Waals surface area contributed by atoms with E-state index in [0.29, 0.717) is 6.54 Å². The van der Waals surface area contributed by atoms with Crippen molar-refractivity contribution < 1.29 is 18.3 Å². The molecule has 0 saturated heterocycles. The fourth-order valence-electron chi connectivity index (χ4n) is 1.61. The summed E-state index contributed by atoms with van der Waals surface area (Å²) < 4.78 is 28.2.